The van der Waals surface area contributed by atoms with E-state index < -0.39 is 12.1 Å². The molecule has 0 bridgehead atoms. The van der Waals surface area contributed by atoms with E-state index in [2.05, 4.69) is 0 Å². The van der Waals surface area contributed by atoms with Crippen LogP contribution in [0.4, 0.5) is 9.18 Å². The number of carbonyl (C=O) groups is 1. The maximum atomic E-state index is 13.6. The maximum absolute atomic E-state index is 13.6. The summed E-state index contributed by atoms with van der Waals surface area (Å²) in [5.74, 6) is 0.322. The second-order valence-electron chi connectivity index (χ2n) is 5.48. The molecule has 2 aromatic carbocycles. The number of ether oxygens (including phenoxy) is 1. The zero-order valence-corrected chi connectivity index (χ0v) is 12.4. The van der Waals surface area contributed by atoms with Gasteiger partial charge in [-0.25, -0.2) is 9.18 Å². The Bertz CT molecular complexity index is 736. The molecule has 0 radical (unpaired) electrons. The minimum atomic E-state index is -0.872. The number of amides is 2. The zero-order chi connectivity index (χ0) is 16.4. The van der Waals surface area contributed by atoms with Crippen LogP contribution in [-0.2, 0) is 13.0 Å². The standard InChI is InChI=1S/C17H17FN2O3/c18-15-4-2-1-3-12(15)10-23-13-6-7-14-11(9-13)5-8-16(14)20(22)17(19)21/h1-4,6-7,9,16,22H,5,8,10H2,(H2,19,21). The summed E-state index contributed by atoms with van der Waals surface area (Å²) >= 11 is 0. The van der Waals surface area contributed by atoms with Crippen LogP contribution in [0.25, 0.3) is 0 Å². The molecule has 0 aromatic heterocycles. The highest BCUT2D eigenvalue weighted by atomic mass is 19.1. The molecule has 0 aliphatic heterocycles. The van der Waals surface area contributed by atoms with Crippen molar-refractivity contribution in [3.63, 3.8) is 0 Å². The van der Waals surface area contributed by atoms with Gasteiger partial charge in [-0.05, 0) is 42.2 Å². The van der Waals surface area contributed by atoms with Crippen molar-refractivity contribution < 1.29 is 19.1 Å². The number of benzene rings is 2. The van der Waals surface area contributed by atoms with Gasteiger partial charge in [-0.2, -0.15) is 5.06 Å². The van der Waals surface area contributed by atoms with E-state index in [9.17, 15) is 14.4 Å². The number of rotatable bonds is 4. The molecule has 120 valence electrons. The molecule has 2 amide bonds. The number of hydrogen-bond donors (Lipinski definition) is 2. The molecule has 0 spiro atoms. The normalized spacial score (nSPS) is 16.0. The van der Waals surface area contributed by atoms with Gasteiger partial charge in [0.25, 0.3) is 0 Å². The van der Waals surface area contributed by atoms with Gasteiger partial charge in [0.15, 0.2) is 0 Å². The van der Waals surface area contributed by atoms with E-state index in [-0.39, 0.29) is 12.4 Å². The minimum Gasteiger partial charge on any atom is -0.489 e. The average Bonchev–Trinajstić information content (AvgIpc) is 2.96. The highest BCUT2D eigenvalue weighted by Gasteiger charge is 2.29. The van der Waals surface area contributed by atoms with Crippen LogP contribution in [0.1, 0.15) is 29.2 Å². The Morgan fingerprint density at radius 3 is 2.87 bits per heavy atom. The topological polar surface area (TPSA) is 75.8 Å². The van der Waals surface area contributed by atoms with Crippen molar-refractivity contribution in [2.24, 2.45) is 5.73 Å². The molecule has 3 rings (SSSR count). The van der Waals surface area contributed by atoms with Crippen molar-refractivity contribution in [2.75, 3.05) is 0 Å². The molecule has 2 aromatic rings. The number of fused-ring (bicyclic) bond motifs is 1. The molecule has 23 heavy (non-hydrogen) atoms. The fourth-order valence-corrected chi connectivity index (χ4v) is 2.85. The molecule has 1 atom stereocenters. The van der Waals surface area contributed by atoms with Crippen LogP contribution in [0.3, 0.4) is 0 Å². The first-order chi connectivity index (χ1) is 11.1. The number of urea groups is 1. The summed E-state index contributed by atoms with van der Waals surface area (Å²) in [7, 11) is 0. The van der Waals surface area contributed by atoms with E-state index >= 15 is 0 Å². The average molecular weight is 316 g/mol. The molecule has 1 unspecified atom stereocenters. The van der Waals surface area contributed by atoms with Crippen LogP contribution >= 0.6 is 0 Å². The number of halogens is 1. The van der Waals surface area contributed by atoms with Crippen molar-refractivity contribution in [3.8, 4) is 5.75 Å². The van der Waals surface area contributed by atoms with Gasteiger partial charge in [0.05, 0.1) is 6.04 Å². The van der Waals surface area contributed by atoms with Gasteiger partial charge in [0, 0.05) is 5.56 Å². The lowest BCUT2D eigenvalue weighted by atomic mass is 10.1. The predicted octanol–water partition coefficient (Wildman–Crippen LogP) is 3.16. The summed E-state index contributed by atoms with van der Waals surface area (Å²) in [5, 5.41) is 10.3. The Balaban J connectivity index is 1.73. The molecular formula is C17H17FN2O3. The van der Waals surface area contributed by atoms with Crippen molar-refractivity contribution in [3.05, 3.63) is 65.0 Å². The lowest BCUT2D eigenvalue weighted by Crippen LogP contribution is -2.35. The number of hydroxylamine groups is 2. The SMILES string of the molecule is NC(=O)N(O)C1CCc2cc(OCc3ccccc3F)ccc21. The lowest BCUT2D eigenvalue weighted by molar-refractivity contribution is -0.0757. The molecule has 6 heteroatoms. The molecule has 1 aliphatic rings. The molecule has 0 saturated heterocycles. The summed E-state index contributed by atoms with van der Waals surface area (Å²) in [4.78, 5) is 11.1. The van der Waals surface area contributed by atoms with Crippen LogP contribution in [0.2, 0.25) is 0 Å². The smallest absolute Gasteiger partial charge is 0.339 e. The first kappa shape index (κ1) is 15.3. The van der Waals surface area contributed by atoms with E-state index in [4.69, 9.17) is 10.5 Å². The van der Waals surface area contributed by atoms with Gasteiger partial charge in [0.1, 0.15) is 18.2 Å². The Hall–Kier alpha value is -2.60. The third kappa shape index (κ3) is 3.12. The van der Waals surface area contributed by atoms with E-state index in [1.807, 2.05) is 6.07 Å². The van der Waals surface area contributed by atoms with Crippen LogP contribution in [0.15, 0.2) is 42.5 Å². The van der Waals surface area contributed by atoms with E-state index in [0.29, 0.717) is 29.2 Å². The number of primary amides is 1. The second-order valence-corrected chi connectivity index (χ2v) is 5.48. The van der Waals surface area contributed by atoms with Crippen LogP contribution in [-0.4, -0.2) is 16.3 Å². The summed E-state index contributed by atoms with van der Waals surface area (Å²) in [6, 6.07) is 10.6. The molecule has 3 N–H and O–H groups in total. The molecule has 5 nitrogen and oxygen atoms in total. The van der Waals surface area contributed by atoms with Gasteiger partial charge in [-0.1, -0.05) is 24.3 Å². The van der Waals surface area contributed by atoms with Crippen molar-refractivity contribution in [1.82, 2.24) is 5.06 Å². The Labute approximate surface area is 133 Å². The third-order valence-corrected chi connectivity index (χ3v) is 4.03. The number of aryl methyl sites for hydroxylation is 1. The number of nitrogens with two attached hydrogens (primary N) is 1. The quantitative estimate of drug-likeness (QED) is 0.672. The highest BCUT2D eigenvalue weighted by molar-refractivity contribution is 5.71. The van der Waals surface area contributed by atoms with Gasteiger partial charge in [-0.3, -0.25) is 5.21 Å². The number of carbonyl (C=O) groups excluding carboxylic acids is 1. The van der Waals surface area contributed by atoms with Crippen molar-refractivity contribution >= 4 is 6.03 Å². The fourth-order valence-electron chi connectivity index (χ4n) is 2.85. The van der Waals surface area contributed by atoms with E-state index in [0.717, 1.165) is 11.1 Å². The van der Waals surface area contributed by atoms with Gasteiger partial charge in [0.2, 0.25) is 0 Å². The molecular weight excluding hydrogens is 299 g/mol. The fraction of sp³-hybridized carbons (Fsp3) is 0.235. The monoisotopic (exact) mass is 316 g/mol. The van der Waals surface area contributed by atoms with E-state index in [1.54, 1.807) is 30.3 Å². The van der Waals surface area contributed by atoms with Crippen LogP contribution in [0, 0.1) is 5.82 Å². The van der Waals surface area contributed by atoms with Crippen LogP contribution in [0.5, 0.6) is 5.75 Å². The summed E-state index contributed by atoms with van der Waals surface area (Å²) in [6.45, 7) is 0.141. The summed E-state index contributed by atoms with van der Waals surface area (Å²) in [6.07, 6.45) is 1.31. The third-order valence-electron chi connectivity index (χ3n) is 4.03. The molecule has 0 heterocycles. The van der Waals surface area contributed by atoms with Gasteiger partial charge < -0.3 is 10.5 Å². The molecule has 1 aliphatic carbocycles. The van der Waals surface area contributed by atoms with Gasteiger partial charge in [-0.15, -0.1) is 0 Å². The second kappa shape index (κ2) is 6.26. The van der Waals surface area contributed by atoms with Crippen LogP contribution < -0.4 is 10.5 Å². The largest absolute Gasteiger partial charge is 0.489 e. The zero-order valence-electron chi connectivity index (χ0n) is 12.4. The Kier molecular flexibility index (Phi) is 4.16. The molecule has 0 saturated carbocycles. The maximum Gasteiger partial charge on any atom is 0.339 e. The minimum absolute atomic E-state index is 0.141. The van der Waals surface area contributed by atoms with Gasteiger partial charge >= 0.3 is 6.03 Å². The van der Waals surface area contributed by atoms with Crippen molar-refractivity contribution in [2.45, 2.75) is 25.5 Å². The first-order valence-corrected chi connectivity index (χ1v) is 7.33. The highest BCUT2D eigenvalue weighted by Crippen LogP contribution is 2.36. The Morgan fingerprint density at radius 1 is 1.35 bits per heavy atom. The van der Waals surface area contributed by atoms with E-state index in [1.165, 1.54) is 6.07 Å². The number of hydrogen-bond acceptors (Lipinski definition) is 3. The lowest BCUT2D eigenvalue weighted by Gasteiger charge is -2.20. The summed E-state index contributed by atoms with van der Waals surface area (Å²) in [5.41, 5.74) is 7.43. The molecule has 0 fully saturated rings. The number of nitrogens with zero attached hydrogens (tertiary/aromatic N) is 1. The van der Waals surface area contributed by atoms with Crippen molar-refractivity contribution in [1.29, 1.82) is 0 Å². The first-order valence-electron chi connectivity index (χ1n) is 7.33. The Morgan fingerprint density at radius 2 is 2.13 bits per heavy atom. The summed E-state index contributed by atoms with van der Waals surface area (Å²) < 4.78 is 19.2. The predicted molar refractivity (Wildman–Crippen MR) is 81.4 cm³/mol.